The second-order valence-electron chi connectivity index (χ2n) is 4.90. The van der Waals surface area contributed by atoms with Crippen LogP contribution >= 0.6 is 23.2 Å². The van der Waals surface area contributed by atoms with Crippen LogP contribution in [0.1, 0.15) is 26.3 Å². The van der Waals surface area contributed by atoms with E-state index in [1.807, 2.05) is 18.2 Å². The average molecular weight is 254 g/mol. The van der Waals surface area contributed by atoms with Crippen molar-refractivity contribution in [1.82, 2.24) is 4.98 Å². The molecule has 0 saturated heterocycles. The van der Waals surface area contributed by atoms with Gasteiger partial charge in [-0.15, -0.1) is 0 Å². The van der Waals surface area contributed by atoms with Crippen LogP contribution in [0.4, 0.5) is 0 Å². The van der Waals surface area contributed by atoms with Crippen LogP contribution in [-0.2, 0) is 5.41 Å². The molecule has 84 valence electrons. The van der Waals surface area contributed by atoms with Gasteiger partial charge in [-0.05, 0) is 17.5 Å². The van der Waals surface area contributed by atoms with Crippen molar-refractivity contribution in [2.24, 2.45) is 0 Å². The Kier molecular flexibility index (Phi) is 2.85. The first-order valence-corrected chi connectivity index (χ1v) is 5.89. The minimum Gasteiger partial charge on any atom is -0.254 e. The third-order valence-corrected chi connectivity index (χ3v) is 3.04. The molecule has 0 amide bonds. The van der Waals surface area contributed by atoms with Crippen molar-refractivity contribution < 1.29 is 0 Å². The van der Waals surface area contributed by atoms with Gasteiger partial charge in [0.05, 0.1) is 10.5 Å². The largest absolute Gasteiger partial charge is 0.254 e. The Hall–Kier alpha value is -0.790. The van der Waals surface area contributed by atoms with Crippen molar-refractivity contribution in [3.05, 3.63) is 40.0 Å². The van der Waals surface area contributed by atoms with E-state index >= 15 is 0 Å². The van der Waals surface area contributed by atoms with Crippen molar-refractivity contribution in [1.29, 1.82) is 0 Å². The molecule has 0 N–H and O–H groups in total. The molecule has 1 aromatic carbocycles. The Balaban J connectivity index is 2.85. The molecule has 1 aromatic heterocycles. The summed E-state index contributed by atoms with van der Waals surface area (Å²) in [6.45, 7) is 6.39. The van der Waals surface area contributed by atoms with Crippen LogP contribution in [0.3, 0.4) is 0 Å². The number of fused-ring (bicyclic) bond motifs is 1. The van der Waals surface area contributed by atoms with Crippen LogP contribution in [-0.4, -0.2) is 4.98 Å². The van der Waals surface area contributed by atoms with E-state index in [4.69, 9.17) is 23.2 Å². The van der Waals surface area contributed by atoms with Gasteiger partial charge in [0.15, 0.2) is 0 Å². The molecule has 1 heterocycles. The first-order chi connectivity index (χ1) is 7.39. The predicted octanol–water partition coefficient (Wildman–Crippen LogP) is 4.84. The highest BCUT2D eigenvalue weighted by Gasteiger charge is 2.21. The Bertz CT molecular complexity index is 541. The van der Waals surface area contributed by atoms with Gasteiger partial charge < -0.3 is 0 Å². The van der Waals surface area contributed by atoms with E-state index in [1.165, 1.54) is 0 Å². The molecular formula is C13H13Cl2N. The van der Waals surface area contributed by atoms with E-state index in [-0.39, 0.29) is 5.41 Å². The molecule has 0 saturated carbocycles. The van der Waals surface area contributed by atoms with Gasteiger partial charge in [0.2, 0.25) is 0 Å². The first-order valence-electron chi connectivity index (χ1n) is 5.14. The van der Waals surface area contributed by atoms with Crippen LogP contribution in [0.25, 0.3) is 10.9 Å². The van der Waals surface area contributed by atoms with Gasteiger partial charge in [0, 0.05) is 22.2 Å². The van der Waals surface area contributed by atoms with Gasteiger partial charge in [-0.1, -0.05) is 50.0 Å². The highest BCUT2D eigenvalue weighted by molar-refractivity contribution is 6.33. The minimum absolute atomic E-state index is 0.0303. The Morgan fingerprint density at radius 2 is 1.81 bits per heavy atom. The monoisotopic (exact) mass is 253 g/mol. The van der Waals surface area contributed by atoms with Gasteiger partial charge in [0.25, 0.3) is 0 Å². The fraction of sp³-hybridized carbons (Fsp3) is 0.308. The average Bonchev–Trinajstić information content (AvgIpc) is 2.16. The maximum absolute atomic E-state index is 6.25. The van der Waals surface area contributed by atoms with Crippen LogP contribution < -0.4 is 0 Å². The zero-order valence-electron chi connectivity index (χ0n) is 9.51. The molecule has 0 spiro atoms. The Labute approximate surface area is 105 Å². The zero-order chi connectivity index (χ0) is 11.9. The fourth-order valence-electron chi connectivity index (χ4n) is 1.86. The van der Waals surface area contributed by atoms with Gasteiger partial charge in [0.1, 0.15) is 0 Å². The van der Waals surface area contributed by atoms with Crippen LogP contribution in [0, 0.1) is 0 Å². The molecule has 16 heavy (non-hydrogen) atoms. The quantitative estimate of drug-likeness (QED) is 0.655. The molecule has 0 fully saturated rings. The predicted molar refractivity (Wildman–Crippen MR) is 70.5 cm³/mol. The highest BCUT2D eigenvalue weighted by Crippen LogP contribution is 2.35. The third kappa shape index (κ3) is 2.02. The van der Waals surface area contributed by atoms with Crippen molar-refractivity contribution in [2.45, 2.75) is 26.2 Å². The van der Waals surface area contributed by atoms with Gasteiger partial charge >= 0.3 is 0 Å². The molecule has 0 radical (unpaired) electrons. The highest BCUT2D eigenvalue weighted by atomic mass is 35.5. The molecule has 0 aliphatic heterocycles. The molecule has 1 nitrogen and oxygen atoms in total. The number of aromatic nitrogens is 1. The fourth-order valence-corrected chi connectivity index (χ4v) is 2.47. The van der Waals surface area contributed by atoms with Crippen molar-refractivity contribution in [3.63, 3.8) is 0 Å². The summed E-state index contributed by atoms with van der Waals surface area (Å²) < 4.78 is 0. The minimum atomic E-state index is -0.0303. The number of pyridine rings is 1. The molecule has 0 aliphatic carbocycles. The van der Waals surface area contributed by atoms with Crippen molar-refractivity contribution in [2.75, 3.05) is 0 Å². The van der Waals surface area contributed by atoms with Gasteiger partial charge in [-0.25, -0.2) is 0 Å². The lowest BCUT2D eigenvalue weighted by molar-refractivity contribution is 0.595. The maximum Gasteiger partial charge on any atom is 0.0755 e. The molecule has 0 bridgehead atoms. The first kappa shape index (κ1) is 11.7. The summed E-state index contributed by atoms with van der Waals surface area (Å²) in [6.07, 6.45) is 1.66. The van der Waals surface area contributed by atoms with E-state index in [9.17, 15) is 0 Å². The summed E-state index contributed by atoms with van der Waals surface area (Å²) in [5.41, 5.74) is 1.98. The number of hydrogen-bond acceptors (Lipinski definition) is 1. The Morgan fingerprint density at radius 1 is 1.12 bits per heavy atom. The molecule has 0 aliphatic rings. The molecule has 3 heteroatoms. The molecule has 0 unspecified atom stereocenters. The number of halogens is 2. The van der Waals surface area contributed by atoms with E-state index in [0.717, 1.165) is 21.5 Å². The van der Waals surface area contributed by atoms with E-state index in [0.29, 0.717) is 5.02 Å². The molecular weight excluding hydrogens is 241 g/mol. The van der Waals surface area contributed by atoms with Crippen LogP contribution in [0.5, 0.6) is 0 Å². The number of nitrogens with zero attached hydrogens (tertiary/aromatic N) is 1. The van der Waals surface area contributed by atoms with Crippen molar-refractivity contribution in [3.8, 4) is 0 Å². The maximum atomic E-state index is 6.25. The summed E-state index contributed by atoms with van der Waals surface area (Å²) in [7, 11) is 0. The number of benzene rings is 1. The lowest BCUT2D eigenvalue weighted by Gasteiger charge is -2.22. The van der Waals surface area contributed by atoms with E-state index in [2.05, 4.69) is 25.8 Å². The molecule has 2 aromatic rings. The third-order valence-electron chi connectivity index (χ3n) is 2.52. The standard InChI is InChI=1S/C13H13Cl2N/c1-13(2,3)11-10(15)5-4-8-6-9(14)7-16-12(8)11/h4-7H,1-3H3. The SMILES string of the molecule is CC(C)(C)c1c(Cl)ccc2cc(Cl)cnc12. The summed E-state index contributed by atoms with van der Waals surface area (Å²) in [4.78, 5) is 4.39. The van der Waals surface area contributed by atoms with Gasteiger partial charge in [-0.3, -0.25) is 4.98 Å². The number of rotatable bonds is 0. The molecule has 0 atom stereocenters. The second-order valence-corrected chi connectivity index (χ2v) is 5.74. The van der Waals surface area contributed by atoms with Crippen LogP contribution in [0.2, 0.25) is 10.0 Å². The zero-order valence-corrected chi connectivity index (χ0v) is 11.0. The lowest BCUT2D eigenvalue weighted by atomic mass is 9.85. The van der Waals surface area contributed by atoms with Crippen molar-refractivity contribution >= 4 is 34.1 Å². The lowest BCUT2D eigenvalue weighted by Crippen LogP contribution is -2.13. The topological polar surface area (TPSA) is 12.9 Å². The second kappa shape index (κ2) is 3.90. The van der Waals surface area contributed by atoms with Gasteiger partial charge in [-0.2, -0.15) is 0 Å². The smallest absolute Gasteiger partial charge is 0.0755 e. The Morgan fingerprint density at radius 3 is 2.44 bits per heavy atom. The summed E-state index contributed by atoms with van der Waals surface area (Å²) in [6, 6.07) is 5.77. The summed E-state index contributed by atoms with van der Waals surface area (Å²) >= 11 is 12.2. The summed E-state index contributed by atoms with van der Waals surface area (Å²) in [5, 5.41) is 2.44. The normalized spacial score (nSPS) is 12.1. The summed E-state index contributed by atoms with van der Waals surface area (Å²) in [5.74, 6) is 0. The van der Waals surface area contributed by atoms with E-state index in [1.54, 1.807) is 6.20 Å². The van der Waals surface area contributed by atoms with E-state index < -0.39 is 0 Å². The number of hydrogen-bond donors (Lipinski definition) is 0. The molecule has 2 rings (SSSR count). The van der Waals surface area contributed by atoms with Crippen LogP contribution in [0.15, 0.2) is 24.4 Å².